The molecule has 24 heavy (non-hydrogen) atoms. The van der Waals surface area contributed by atoms with Crippen LogP contribution in [0.25, 0.3) is 10.9 Å². The van der Waals surface area contributed by atoms with Crippen LogP contribution in [0.15, 0.2) is 22.8 Å². The molecular formula is C17H23BrN4O2. The van der Waals surface area contributed by atoms with Crippen LogP contribution in [0.4, 0.5) is 10.5 Å². The van der Waals surface area contributed by atoms with E-state index in [0.29, 0.717) is 13.1 Å². The lowest BCUT2D eigenvalue weighted by Gasteiger charge is -2.37. The molecule has 0 bridgehead atoms. The number of ether oxygens (including phenoxy) is 1. The Morgan fingerprint density at radius 2 is 1.88 bits per heavy atom. The molecule has 2 heterocycles. The average molecular weight is 395 g/mol. The van der Waals surface area contributed by atoms with Gasteiger partial charge >= 0.3 is 6.09 Å². The van der Waals surface area contributed by atoms with Crippen molar-refractivity contribution in [3.63, 3.8) is 0 Å². The molecule has 0 atom stereocenters. The number of hydrogen-bond acceptors (Lipinski definition) is 4. The van der Waals surface area contributed by atoms with Gasteiger partial charge in [-0.2, -0.15) is 5.10 Å². The Kier molecular flexibility index (Phi) is 4.46. The lowest BCUT2D eigenvalue weighted by molar-refractivity contribution is 0.0241. The summed E-state index contributed by atoms with van der Waals surface area (Å²) in [5.41, 5.74) is 1.66. The van der Waals surface area contributed by atoms with Gasteiger partial charge in [0.15, 0.2) is 0 Å². The van der Waals surface area contributed by atoms with E-state index in [9.17, 15) is 4.79 Å². The van der Waals surface area contributed by atoms with Crippen LogP contribution in [-0.4, -0.2) is 52.6 Å². The van der Waals surface area contributed by atoms with Crippen LogP contribution in [0, 0.1) is 0 Å². The van der Waals surface area contributed by atoms with Crippen LogP contribution in [0.3, 0.4) is 0 Å². The molecule has 1 aliphatic rings. The summed E-state index contributed by atoms with van der Waals surface area (Å²) < 4.78 is 8.28. The molecular weight excluding hydrogens is 372 g/mol. The fourth-order valence-corrected chi connectivity index (χ4v) is 3.33. The number of benzene rings is 1. The number of fused-ring (bicyclic) bond motifs is 1. The molecule has 0 spiro atoms. The van der Waals surface area contributed by atoms with E-state index < -0.39 is 5.60 Å². The van der Waals surface area contributed by atoms with Crippen molar-refractivity contribution in [1.29, 1.82) is 0 Å². The van der Waals surface area contributed by atoms with E-state index in [-0.39, 0.29) is 6.09 Å². The minimum Gasteiger partial charge on any atom is -0.444 e. The summed E-state index contributed by atoms with van der Waals surface area (Å²) in [5.74, 6) is 0. The lowest BCUT2D eigenvalue weighted by Crippen LogP contribution is -2.50. The standard InChI is InChI=1S/C17H23BrN4O2/c1-17(2,3)24-16(23)22-9-7-21(8-10-22)14-6-5-13(18)15-12(14)11-20(4)19-15/h5-6,11H,7-10H2,1-4H3. The second-order valence-electron chi connectivity index (χ2n) is 7.09. The normalized spacial score (nSPS) is 15.9. The van der Waals surface area contributed by atoms with Crippen molar-refractivity contribution >= 4 is 38.6 Å². The molecule has 0 aliphatic carbocycles. The number of rotatable bonds is 1. The number of nitrogens with zero attached hydrogens (tertiary/aromatic N) is 4. The van der Waals surface area contributed by atoms with E-state index >= 15 is 0 Å². The molecule has 6 nitrogen and oxygen atoms in total. The molecule has 1 saturated heterocycles. The van der Waals surface area contributed by atoms with E-state index in [4.69, 9.17) is 4.74 Å². The molecule has 0 saturated carbocycles. The van der Waals surface area contributed by atoms with Crippen LogP contribution in [0.1, 0.15) is 20.8 Å². The largest absolute Gasteiger partial charge is 0.444 e. The number of amides is 1. The van der Waals surface area contributed by atoms with Crippen LogP contribution < -0.4 is 4.90 Å². The van der Waals surface area contributed by atoms with Crippen molar-refractivity contribution in [2.24, 2.45) is 7.05 Å². The zero-order chi connectivity index (χ0) is 17.5. The van der Waals surface area contributed by atoms with E-state index in [1.165, 1.54) is 0 Å². The zero-order valence-corrected chi connectivity index (χ0v) is 16.1. The average Bonchev–Trinajstić information content (AvgIpc) is 2.88. The number of hydrogen-bond donors (Lipinski definition) is 0. The number of anilines is 1. The molecule has 1 aromatic carbocycles. The molecule has 1 aliphatic heterocycles. The SMILES string of the molecule is Cn1cc2c(N3CCN(C(=O)OC(C)(C)C)CC3)ccc(Br)c2n1. The van der Waals surface area contributed by atoms with E-state index in [2.05, 4.69) is 32.0 Å². The summed E-state index contributed by atoms with van der Waals surface area (Å²) >= 11 is 3.56. The molecule has 3 rings (SSSR count). The number of carbonyl (C=O) groups is 1. The highest BCUT2D eigenvalue weighted by atomic mass is 79.9. The van der Waals surface area contributed by atoms with Crippen molar-refractivity contribution < 1.29 is 9.53 Å². The van der Waals surface area contributed by atoms with Crippen molar-refractivity contribution in [2.75, 3.05) is 31.1 Å². The maximum absolute atomic E-state index is 12.2. The highest BCUT2D eigenvalue weighted by Crippen LogP contribution is 2.32. The van der Waals surface area contributed by atoms with Crippen LogP contribution in [-0.2, 0) is 11.8 Å². The first kappa shape index (κ1) is 17.1. The molecule has 1 fully saturated rings. The van der Waals surface area contributed by atoms with Gasteiger partial charge in [-0.05, 0) is 48.8 Å². The van der Waals surface area contributed by atoms with Crippen LogP contribution in [0.5, 0.6) is 0 Å². The van der Waals surface area contributed by atoms with Gasteiger partial charge in [0.25, 0.3) is 0 Å². The number of aromatic nitrogens is 2. The predicted octanol–water partition coefficient (Wildman–Crippen LogP) is 3.39. The maximum atomic E-state index is 12.2. The fourth-order valence-electron chi connectivity index (χ4n) is 2.91. The van der Waals surface area contributed by atoms with Crippen LogP contribution in [0.2, 0.25) is 0 Å². The van der Waals surface area contributed by atoms with Gasteiger partial charge in [0.05, 0.1) is 0 Å². The van der Waals surface area contributed by atoms with E-state index in [1.54, 1.807) is 4.90 Å². The number of halogens is 1. The molecule has 0 N–H and O–H groups in total. The van der Waals surface area contributed by atoms with E-state index in [0.717, 1.165) is 34.2 Å². The quantitative estimate of drug-likeness (QED) is 0.743. The molecule has 130 valence electrons. The number of piperazine rings is 1. The Morgan fingerprint density at radius 1 is 1.21 bits per heavy atom. The summed E-state index contributed by atoms with van der Waals surface area (Å²) in [6.07, 6.45) is 1.81. The lowest BCUT2D eigenvalue weighted by atomic mass is 10.2. The Bertz CT molecular complexity index is 758. The van der Waals surface area contributed by atoms with Gasteiger partial charge in [-0.3, -0.25) is 4.68 Å². The van der Waals surface area contributed by atoms with Crippen molar-refractivity contribution in [2.45, 2.75) is 26.4 Å². The summed E-state index contributed by atoms with van der Waals surface area (Å²) in [6, 6.07) is 4.14. The van der Waals surface area contributed by atoms with Crippen molar-refractivity contribution in [3.05, 3.63) is 22.8 Å². The Balaban J connectivity index is 1.74. The molecule has 1 amide bonds. The van der Waals surface area contributed by atoms with Gasteiger partial charge in [-0.15, -0.1) is 0 Å². The summed E-state index contributed by atoms with van der Waals surface area (Å²) in [4.78, 5) is 16.3. The topological polar surface area (TPSA) is 50.6 Å². The fraction of sp³-hybridized carbons (Fsp3) is 0.529. The monoisotopic (exact) mass is 394 g/mol. The van der Waals surface area contributed by atoms with Gasteiger partial charge in [-0.1, -0.05) is 0 Å². The smallest absolute Gasteiger partial charge is 0.410 e. The predicted molar refractivity (Wildman–Crippen MR) is 98.4 cm³/mol. The Morgan fingerprint density at radius 3 is 2.50 bits per heavy atom. The summed E-state index contributed by atoms with van der Waals surface area (Å²) in [5, 5.41) is 5.63. The Hall–Kier alpha value is -1.76. The highest BCUT2D eigenvalue weighted by Gasteiger charge is 2.26. The minimum atomic E-state index is -0.457. The molecule has 2 aromatic rings. The first-order chi connectivity index (χ1) is 11.2. The van der Waals surface area contributed by atoms with Gasteiger partial charge in [-0.25, -0.2) is 4.79 Å². The second-order valence-corrected chi connectivity index (χ2v) is 7.94. The molecule has 7 heteroatoms. The highest BCUT2D eigenvalue weighted by molar-refractivity contribution is 9.10. The molecule has 0 unspecified atom stereocenters. The third kappa shape index (κ3) is 3.50. The second kappa shape index (κ2) is 6.27. The summed E-state index contributed by atoms with van der Waals surface area (Å²) in [7, 11) is 1.93. The van der Waals surface area contributed by atoms with Crippen LogP contribution >= 0.6 is 15.9 Å². The van der Waals surface area contributed by atoms with Gasteiger partial charge in [0.1, 0.15) is 11.1 Å². The Labute approximate surface area is 150 Å². The van der Waals surface area contributed by atoms with Gasteiger partial charge in [0, 0.05) is 55.0 Å². The number of aryl methyl sites for hydroxylation is 1. The maximum Gasteiger partial charge on any atom is 0.410 e. The van der Waals surface area contributed by atoms with Crippen molar-refractivity contribution in [1.82, 2.24) is 14.7 Å². The van der Waals surface area contributed by atoms with Gasteiger partial charge < -0.3 is 14.5 Å². The summed E-state index contributed by atoms with van der Waals surface area (Å²) in [6.45, 7) is 8.56. The minimum absolute atomic E-state index is 0.232. The number of carbonyl (C=O) groups excluding carboxylic acids is 1. The third-order valence-electron chi connectivity index (χ3n) is 3.99. The zero-order valence-electron chi connectivity index (χ0n) is 14.5. The first-order valence-corrected chi connectivity index (χ1v) is 8.88. The molecule has 0 radical (unpaired) electrons. The van der Waals surface area contributed by atoms with Gasteiger partial charge in [0.2, 0.25) is 0 Å². The first-order valence-electron chi connectivity index (χ1n) is 8.09. The van der Waals surface area contributed by atoms with Crippen molar-refractivity contribution in [3.8, 4) is 0 Å². The van der Waals surface area contributed by atoms with E-state index in [1.807, 2.05) is 44.8 Å². The molecule has 1 aromatic heterocycles. The third-order valence-corrected chi connectivity index (χ3v) is 4.63.